The van der Waals surface area contributed by atoms with Crippen LogP contribution in [-0.2, 0) is 22.4 Å². The van der Waals surface area contributed by atoms with E-state index in [4.69, 9.17) is 5.73 Å². The number of nitrogens with zero attached hydrogens (tertiary/aromatic N) is 2. The minimum absolute atomic E-state index is 0.130. The lowest BCUT2D eigenvalue weighted by atomic mass is 10.1. The van der Waals surface area contributed by atoms with Crippen LogP contribution in [-0.4, -0.2) is 60.2 Å². The van der Waals surface area contributed by atoms with Crippen LogP contribution in [0.4, 0.5) is 5.00 Å². The minimum atomic E-state index is -0.466. The Morgan fingerprint density at radius 2 is 1.85 bits per heavy atom. The molecular weight excluding hydrogens is 352 g/mol. The highest BCUT2D eigenvalue weighted by Crippen LogP contribution is 2.38. The summed E-state index contributed by atoms with van der Waals surface area (Å²) in [5.74, 6) is -0.0764. The first kappa shape index (κ1) is 17.5. The number of amides is 3. The molecule has 3 aliphatic rings. The number of piperazine rings is 1. The number of nitrogens with two attached hydrogens (primary N) is 1. The van der Waals surface area contributed by atoms with E-state index in [0.29, 0.717) is 36.7 Å². The fourth-order valence-electron chi connectivity index (χ4n) is 3.84. The Balaban J connectivity index is 1.32. The van der Waals surface area contributed by atoms with E-state index in [0.717, 1.165) is 37.7 Å². The molecule has 0 atom stereocenters. The van der Waals surface area contributed by atoms with Crippen molar-refractivity contribution in [2.24, 2.45) is 11.7 Å². The molecule has 2 heterocycles. The summed E-state index contributed by atoms with van der Waals surface area (Å²) in [6.07, 6.45) is 4.90. The Morgan fingerprint density at radius 3 is 2.50 bits per heavy atom. The van der Waals surface area contributed by atoms with Crippen molar-refractivity contribution in [1.29, 1.82) is 0 Å². The van der Waals surface area contributed by atoms with Crippen molar-refractivity contribution in [2.75, 3.05) is 38.0 Å². The highest BCUT2D eigenvalue weighted by atomic mass is 32.1. The van der Waals surface area contributed by atoms with Gasteiger partial charge in [-0.3, -0.25) is 19.3 Å². The van der Waals surface area contributed by atoms with Gasteiger partial charge in [-0.25, -0.2) is 0 Å². The molecule has 2 fully saturated rings. The first-order valence-corrected chi connectivity index (χ1v) is 10.1. The molecule has 1 aromatic heterocycles. The molecule has 1 aromatic rings. The van der Waals surface area contributed by atoms with Crippen LogP contribution in [0.3, 0.4) is 0 Å². The largest absolute Gasteiger partial charge is 0.365 e. The molecule has 140 valence electrons. The summed E-state index contributed by atoms with van der Waals surface area (Å²) in [7, 11) is 0. The second-order valence-corrected chi connectivity index (χ2v) is 8.45. The molecule has 0 bridgehead atoms. The summed E-state index contributed by atoms with van der Waals surface area (Å²) in [4.78, 5) is 41.5. The summed E-state index contributed by atoms with van der Waals surface area (Å²) in [6.45, 7) is 3.04. The van der Waals surface area contributed by atoms with Crippen LogP contribution in [0.1, 0.15) is 40.1 Å². The quantitative estimate of drug-likeness (QED) is 0.796. The highest BCUT2D eigenvalue weighted by Gasteiger charge is 2.34. The number of hydrogen-bond donors (Lipinski definition) is 2. The Bertz CT molecular complexity index is 748. The average Bonchev–Trinajstić information content (AvgIpc) is 3.26. The fourth-order valence-corrected chi connectivity index (χ4v) is 5.15. The zero-order valence-corrected chi connectivity index (χ0v) is 15.6. The van der Waals surface area contributed by atoms with Crippen LogP contribution < -0.4 is 11.1 Å². The second kappa shape index (κ2) is 7.00. The number of nitrogens with one attached hydrogen (secondary N) is 1. The van der Waals surface area contributed by atoms with E-state index < -0.39 is 5.91 Å². The van der Waals surface area contributed by atoms with Gasteiger partial charge in [0.15, 0.2) is 0 Å². The molecule has 4 rings (SSSR count). The fraction of sp³-hybridized carbons (Fsp3) is 0.611. The molecule has 0 aromatic carbocycles. The molecule has 0 spiro atoms. The number of hydrogen-bond acceptors (Lipinski definition) is 5. The Labute approximate surface area is 156 Å². The van der Waals surface area contributed by atoms with Crippen molar-refractivity contribution < 1.29 is 14.4 Å². The van der Waals surface area contributed by atoms with Crippen molar-refractivity contribution in [1.82, 2.24) is 9.80 Å². The zero-order chi connectivity index (χ0) is 18.3. The lowest BCUT2D eigenvalue weighted by molar-refractivity contribution is -0.134. The Morgan fingerprint density at radius 1 is 1.12 bits per heavy atom. The SMILES string of the molecule is NC(=O)c1c(NC(=O)CN2CCN(C(=O)C3CC3)CC2)sc2c1CCC2. The predicted molar refractivity (Wildman–Crippen MR) is 99.2 cm³/mol. The third-order valence-corrected chi connectivity index (χ3v) is 6.61. The summed E-state index contributed by atoms with van der Waals surface area (Å²) < 4.78 is 0. The summed E-state index contributed by atoms with van der Waals surface area (Å²) in [5.41, 5.74) is 7.05. The molecule has 0 radical (unpaired) electrons. The van der Waals surface area contributed by atoms with Gasteiger partial charge >= 0.3 is 0 Å². The van der Waals surface area contributed by atoms with Crippen molar-refractivity contribution in [3.05, 3.63) is 16.0 Å². The van der Waals surface area contributed by atoms with E-state index in [-0.39, 0.29) is 24.3 Å². The van der Waals surface area contributed by atoms with Crippen LogP contribution in [0.5, 0.6) is 0 Å². The van der Waals surface area contributed by atoms with Gasteiger partial charge < -0.3 is 16.0 Å². The van der Waals surface area contributed by atoms with Gasteiger partial charge in [0.25, 0.3) is 5.91 Å². The molecule has 1 saturated heterocycles. The molecule has 3 N–H and O–H groups in total. The minimum Gasteiger partial charge on any atom is -0.365 e. The number of rotatable bonds is 5. The van der Waals surface area contributed by atoms with Gasteiger partial charge in [-0.05, 0) is 37.7 Å². The van der Waals surface area contributed by atoms with E-state index >= 15 is 0 Å². The smallest absolute Gasteiger partial charge is 0.251 e. The number of primary amides is 1. The highest BCUT2D eigenvalue weighted by molar-refractivity contribution is 7.17. The third kappa shape index (κ3) is 3.48. The van der Waals surface area contributed by atoms with E-state index in [1.807, 2.05) is 4.90 Å². The molecular formula is C18H24N4O3S. The number of carbonyl (C=O) groups is 3. The third-order valence-electron chi connectivity index (χ3n) is 5.40. The first-order chi connectivity index (χ1) is 12.5. The lowest BCUT2D eigenvalue weighted by Crippen LogP contribution is -2.50. The van der Waals surface area contributed by atoms with Gasteiger partial charge in [-0.15, -0.1) is 11.3 Å². The van der Waals surface area contributed by atoms with Gasteiger partial charge in [0.2, 0.25) is 11.8 Å². The van der Waals surface area contributed by atoms with E-state index in [1.165, 1.54) is 16.2 Å². The van der Waals surface area contributed by atoms with Crippen molar-refractivity contribution in [2.45, 2.75) is 32.1 Å². The van der Waals surface area contributed by atoms with Crippen LogP contribution >= 0.6 is 11.3 Å². The normalized spacial score (nSPS) is 20.1. The maximum absolute atomic E-state index is 12.4. The Hall–Kier alpha value is -1.93. The monoisotopic (exact) mass is 376 g/mol. The molecule has 26 heavy (non-hydrogen) atoms. The molecule has 1 saturated carbocycles. The van der Waals surface area contributed by atoms with Gasteiger partial charge in [0.1, 0.15) is 5.00 Å². The molecule has 8 heteroatoms. The Kier molecular flexibility index (Phi) is 4.71. The van der Waals surface area contributed by atoms with Crippen molar-refractivity contribution in [3.8, 4) is 0 Å². The van der Waals surface area contributed by atoms with Gasteiger partial charge in [0, 0.05) is 37.0 Å². The van der Waals surface area contributed by atoms with Crippen molar-refractivity contribution in [3.63, 3.8) is 0 Å². The summed E-state index contributed by atoms with van der Waals surface area (Å²) >= 11 is 1.48. The van der Waals surface area contributed by atoms with Crippen LogP contribution in [0.15, 0.2) is 0 Å². The van der Waals surface area contributed by atoms with E-state index in [2.05, 4.69) is 10.2 Å². The maximum Gasteiger partial charge on any atom is 0.251 e. The topological polar surface area (TPSA) is 95.7 Å². The van der Waals surface area contributed by atoms with Crippen LogP contribution in [0.25, 0.3) is 0 Å². The average molecular weight is 376 g/mol. The van der Waals surface area contributed by atoms with Gasteiger partial charge in [-0.1, -0.05) is 0 Å². The predicted octanol–water partition coefficient (Wildman–Crippen LogP) is 0.828. The molecule has 1 aliphatic heterocycles. The molecule has 2 aliphatic carbocycles. The van der Waals surface area contributed by atoms with Gasteiger partial charge in [-0.2, -0.15) is 0 Å². The lowest BCUT2D eigenvalue weighted by Gasteiger charge is -2.34. The number of carbonyl (C=O) groups excluding carboxylic acids is 3. The second-order valence-electron chi connectivity index (χ2n) is 7.35. The summed E-state index contributed by atoms with van der Waals surface area (Å²) in [6, 6.07) is 0. The standard InChI is InChI=1S/C18H24N4O3S/c19-16(24)15-12-2-1-3-13(12)26-17(15)20-14(23)10-21-6-8-22(9-7-21)18(25)11-4-5-11/h11H,1-10H2,(H2,19,24)(H,20,23). The number of aryl methyl sites for hydroxylation is 1. The van der Waals surface area contributed by atoms with Gasteiger partial charge in [0.05, 0.1) is 12.1 Å². The van der Waals surface area contributed by atoms with E-state index in [9.17, 15) is 14.4 Å². The van der Waals surface area contributed by atoms with Crippen LogP contribution in [0.2, 0.25) is 0 Å². The maximum atomic E-state index is 12.4. The molecule has 3 amide bonds. The molecule has 7 nitrogen and oxygen atoms in total. The van der Waals surface area contributed by atoms with Crippen LogP contribution in [0, 0.1) is 5.92 Å². The molecule has 0 unspecified atom stereocenters. The number of thiophene rings is 1. The first-order valence-electron chi connectivity index (χ1n) is 9.28. The van der Waals surface area contributed by atoms with Crippen molar-refractivity contribution >= 4 is 34.1 Å². The zero-order valence-electron chi connectivity index (χ0n) is 14.8. The summed E-state index contributed by atoms with van der Waals surface area (Å²) in [5, 5.41) is 3.48. The number of fused-ring (bicyclic) bond motifs is 1. The number of anilines is 1. The van der Waals surface area contributed by atoms with E-state index in [1.54, 1.807) is 0 Å².